The molecule has 2 N–H and O–H groups in total. The Hall–Kier alpha value is -2.82. The Morgan fingerprint density at radius 1 is 1.15 bits per heavy atom. The van der Waals surface area contributed by atoms with Gasteiger partial charge in [0.25, 0.3) is 0 Å². The van der Waals surface area contributed by atoms with Gasteiger partial charge in [0.15, 0.2) is 0 Å². The molecule has 4 rings (SSSR count). The van der Waals surface area contributed by atoms with Crippen LogP contribution in [0.15, 0.2) is 49.1 Å². The molecule has 0 atom stereocenters. The molecule has 98 valence electrons. The highest BCUT2D eigenvalue weighted by molar-refractivity contribution is 5.92. The zero-order chi connectivity index (χ0) is 13.5. The average Bonchev–Trinajstić information content (AvgIpc) is 3.12. The molecule has 0 saturated carbocycles. The molecule has 0 spiro atoms. The maximum atomic E-state index is 4.47. The summed E-state index contributed by atoms with van der Waals surface area (Å²) in [5.74, 6) is 0. The van der Waals surface area contributed by atoms with Gasteiger partial charge in [0, 0.05) is 36.6 Å². The minimum atomic E-state index is 0.891. The van der Waals surface area contributed by atoms with Gasteiger partial charge in [0.2, 0.25) is 0 Å². The lowest BCUT2D eigenvalue weighted by Gasteiger charge is -2.05. The minimum absolute atomic E-state index is 0.891. The van der Waals surface area contributed by atoms with Crippen LogP contribution in [0, 0.1) is 0 Å². The molecule has 4 aromatic rings. The van der Waals surface area contributed by atoms with Crippen molar-refractivity contribution in [1.29, 1.82) is 0 Å². The number of aromatic nitrogens is 4. The van der Waals surface area contributed by atoms with Gasteiger partial charge in [-0.15, -0.1) is 0 Å². The SMILES string of the molecule is CNc1ccc2ncc(-c3ccnc4[nH]ccc34)n2c1. The topological polar surface area (TPSA) is 58.0 Å². The predicted molar refractivity (Wildman–Crippen MR) is 79.8 cm³/mol. The average molecular weight is 263 g/mol. The van der Waals surface area contributed by atoms with Crippen molar-refractivity contribution >= 4 is 22.4 Å². The van der Waals surface area contributed by atoms with Crippen LogP contribution in [0.5, 0.6) is 0 Å². The fourth-order valence-electron chi connectivity index (χ4n) is 2.51. The molecule has 0 radical (unpaired) electrons. The van der Waals surface area contributed by atoms with Crippen LogP contribution in [0.3, 0.4) is 0 Å². The van der Waals surface area contributed by atoms with Gasteiger partial charge in [-0.25, -0.2) is 9.97 Å². The van der Waals surface area contributed by atoms with Crippen molar-refractivity contribution in [2.75, 3.05) is 12.4 Å². The number of rotatable bonds is 2. The molecule has 0 aliphatic heterocycles. The molecule has 5 nitrogen and oxygen atoms in total. The van der Waals surface area contributed by atoms with Crippen molar-refractivity contribution in [2.45, 2.75) is 0 Å². The maximum absolute atomic E-state index is 4.47. The molecule has 0 fully saturated rings. The zero-order valence-electron chi connectivity index (χ0n) is 11.0. The fourth-order valence-corrected chi connectivity index (χ4v) is 2.51. The van der Waals surface area contributed by atoms with Crippen molar-refractivity contribution in [3.63, 3.8) is 0 Å². The lowest BCUT2D eigenvalue weighted by molar-refractivity contribution is 1.19. The monoisotopic (exact) mass is 263 g/mol. The zero-order valence-corrected chi connectivity index (χ0v) is 11.0. The maximum Gasteiger partial charge on any atom is 0.137 e. The molecule has 0 amide bonds. The Labute approximate surface area is 115 Å². The third-order valence-corrected chi connectivity index (χ3v) is 3.53. The van der Waals surface area contributed by atoms with Gasteiger partial charge in [0.1, 0.15) is 11.3 Å². The van der Waals surface area contributed by atoms with E-state index in [1.165, 1.54) is 0 Å². The van der Waals surface area contributed by atoms with Crippen LogP contribution < -0.4 is 5.32 Å². The number of imidazole rings is 1. The summed E-state index contributed by atoms with van der Waals surface area (Å²) in [6, 6.07) is 8.08. The molecule has 20 heavy (non-hydrogen) atoms. The lowest BCUT2D eigenvalue weighted by Crippen LogP contribution is -1.94. The van der Waals surface area contributed by atoms with Gasteiger partial charge in [-0.05, 0) is 24.3 Å². The van der Waals surface area contributed by atoms with Crippen molar-refractivity contribution in [2.24, 2.45) is 0 Å². The summed E-state index contributed by atoms with van der Waals surface area (Å²) in [5.41, 5.74) is 5.05. The van der Waals surface area contributed by atoms with Gasteiger partial charge >= 0.3 is 0 Å². The van der Waals surface area contributed by atoms with Crippen LogP contribution in [0.4, 0.5) is 5.69 Å². The highest BCUT2D eigenvalue weighted by Crippen LogP contribution is 2.28. The Balaban J connectivity index is 2.04. The van der Waals surface area contributed by atoms with E-state index in [2.05, 4.69) is 30.9 Å². The van der Waals surface area contributed by atoms with E-state index in [0.717, 1.165) is 33.6 Å². The molecule has 0 aliphatic carbocycles. The van der Waals surface area contributed by atoms with Crippen LogP contribution in [-0.4, -0.2) is 26.4 Å². The Bertz CT molecular complexity index is 903. The summed E-state index contributed by atoms with van der Waals surface area (Å²) in [7, 11) is 1.91. The number of H-pyrrole nitrogens is 1. The van der Waals surface area contributed by atoms with E-state index in [0.29, 0.717) is 0 Å². The van der Waals surface area contributed by atoms with E-state index in [-0.39, 0.29) is 0 Å². The van der Waals surface area contributed by atoms with E-state index >= 15 is 0 Å². The number of anilines is 1. The first-order valence-electron chi connectivity index (χ1n) is 6.44. The number of hydrogen-bond acceptors (Lipinski definition) is 3. The smallest absolute Gasteiger partial charge is 0.137 e. The van der Waals surface area contributed by atoms with Gasteiger partial charge in [0.05, 0.1) is 17.6 Å². The first-order valence-corrected chi connectivity index (χ1v) is 6.44. The van der Waals surface area contributed by atoms with E-state index in [1.807, 2.05) is 49.9 Å². The summed E-state index contributed by atoms with van der Waals surface area (Å²) in [6.07, 6.45) is 7.67. The van der Waals surface area contributed by atoms with E-state index in [9.17, 15) is 0 Å². The van der Waals surface area contributed by atoms with Crippen LogP contribution in [0.2, 0.25) is 0 Å². The summed E-state index contributed by atoms with van der Waals surface area (Å²) in [6.45, 7) is 0. The minimum Gasteiger partial charge on any atom is -0.387 e. The molecule has 4 aromatic heterocycles. The van der Waals surface area contributed by atoms with Gasteiger partial charge in [-0.1, -0.05) is 0 Å². The van der Waals surface area contributed by atoms with Gasteiger partial charge in [-0.2, -0.15) is 0 Å². The fraction of sp³-hybridized carbons (Fsp3) is 0.0667. The number of nitrogens with one attached hydrogen (secondary N) is 2. The van der Waals surface area contributed by atoms with Crippen LogP contribution in [0.25, 0.3) is 27.9 Å². The first-order chi connectivity index (χ1) is 9.86. The van der Waals surface area contributed by atoms with Crippen LogP contribution >= 0.6 is 0 Å². The van der Waals surface area contributed by atoms with Crippen LogP contribution in [0.1, 0.15) is 0 Å². The molecule has 0 saturated heterocycles. The molecule has 4 heterocycles. The molecule has 0 aromatic carbocycles. The van der Waals surface area contributed by atoms with Crippen molar-refractivity contribution < 1.29 is 0 Å². The number of aromatic amines is 1. The van der Waals surface area contributed by atoms with E-state index in [4.69, 9.17) is 0 Å². The second-order valence-corrected chi connectivity index (χ2v) is 4.64. The predicted octanol–water partition coefficient (Wildman–Crippen LogP) is 2.92. The number of pyridine rings is 2. The van der Waals surface area contributed by atoms with Gasteiger partial charge in [-0.3, -0.25) is 4.40 Å². The molecule has 5 heteroatoms. The first kappa shape index (κ1) is 11.0. The largest absolute Gasteiger partial charge is 0.387 e. The van der Waals surface area contributed by atoms with Gasteiger partial charge < -0.3 is 10.3 Å². The quantitative estimate of drug-likeness (QED) is 0.584. The van der Waals surface area contributed by atoms with Crippen molar-refractivity contribution in [3.05, 3.63) is 49.1 Å². The third-order valence-electron chi connectivity index (χ3n) is 3.53. The summed E-state index contributed by atoms with van der Waals surface area (Å²) < 4.78 is 2.09. The van der Waals surface area contributed by atoms with E-state index in [1.54, 1.807) is 0 Å². The Morgan fingerprint density at radius 2 is 2.10 bits per heavy atom. The molecule has 0 unspecified atom stereocenters. The highest BCUT2D eigenvalue weighted by Gasteiger charge is 2.10. The summed E-state index contributed by atoms with van der Waals surface area (Å²) in [5, 5.41) is 4.25. The number of hydrogen-bond donors (Lipinski definition) is 2. The highest BCUT2D eigenvalue weighted by atomic mass is 15.0. The third kappa shape index (κ3) is 1.50. The molecule has 0 bridgehead atoms. The lowest BCUT2D eigenvalue weighted by atomic mass is 10.1. The second kappa shape index (κ2) is 4.09. The molecule has 0 aliphatic rings. The molecular weight excluding hydrogens is 250 g/mol. The standard InChI is InChI=1S/C15H13N5/c1-16-10-2-3-14-19-8-13(20(14)9-10)11-4-6-17-15-12(11)5-7-18-15/h2-9,16H,1H3,(H,17,18). The van der Waals surface area contributed by atoms with Crippen molar-refractivity contribution in [3.8, 4) is 11.3 Å². The Kier molecular flexibility index (Phi) is 2.26. The number of fused-ring (bicyclic) bond motifs is 2. The number of nitrogens with zero attached hydrogens (tertiary/aromatic N) is 3. The second-order valence-electron chi connectivity index (χ2n) is 4.64. The Morgan fingerprint density at radius 3 is 3.00 bits per heavy atom. The summed E-state index contributed by atoms with van der Waals surface area (Å²) in [4.78, 5) is 11.9. The van der Waals surface area contributed by atoms with Crippen LogP contribution in [-0.2, 0) is 0 Å². The normalized spacial score (nSPS) is 11.2. The summed E-state index contributed by atoms with van der Waals surface area (Å²) >= 11 is 0. The van der Waals surface area contributed by atoms with Crippen molar-refractivity contribution in [1.82, 2.24) is 19.4 Å². The molecular formula is C15H13N5. The van der Waals surface area contributed by atoms with E-state index < -0.39 is 0 Å².